The Balaban J connectivity index is 2.19. The highest BCUT2D eigenvalue weighted by molar-refractivity contribution is 5.88. The number of nitrogens with zero attached hydrogens (tertiary/aromatic N) is 1. The fraction of sp³-hybridized carbons (Fsp3) is 0.286. The molecule has 0 spiro atoms. The van der Waals surface area contributed by atoms with Crippen LogP contribution in [0.2, 0.25) is 0 Å². The van der Waals surface area contributed by atoms with Crippen molar-refractivity contribution < 1.29 is 14.3 Å². The number of aromatic nitrogens is 1. The third-order valence-electron chi connectivity index (χ3n) is 2.92. The van der Waals surface area contributed by atoms with Crippen LogP contribution in [0.5, 0.6) is 0 Å². The van der Waals surface area contributed by atoms with Crippen LogP contribution in [0.25, 0.3) is 0 Å². The summed E-state index contributed by atoms with van der Waals surface area (Å²) in [5.74, 6) is 1.28. The molecule has 0 aliphatic carbocycles. The Morgan fingerprint density at radius 2 is 2.16 bits per heavy atom. The molecule has 1 unspecified atom stereocenters. The van der Waals surface area contributed by atoms with Gasteiger partial charge in [0, 0.05) is 11.8 Å². The summed E-state index contributed by atoms with van der Waals surface area (Å²) in [7, 11) is 0. The van der Waals surface area contributed by atoms with Crippen molar-refractivity contribution in [3.63, 3.8) is 0 Å². The van der Waals surface area contributed by atoms with Gasteiger partial charge >= 0.3 is 5.97 Å². The fourth-order valence-corrected chi connectivity index (χ4v) is 2.02. The summed E-state index contributed by atoms with van der Waals surface area (Å²) in [6, 6.07) is 4.94. The number of carbonyl (C=O) groups is 1. The number of anilines is 1. The minimum absolute atomic E-state index is 0.00556. The lowest BCUT2D eigenvalue weighted by atomic mass is 10.1. The van der Waals surface area contributed by atoms with E-state index in [-0.39, 0.29) is 11.6 Å². The van der Waals surface area contributed by atoms with Gasteiger partial charge in [0.15, 0.2) is 0 Å². The molecule has 100 valence electrons. The van der Waals surface area contributed by atoms with Gasteiger partial charge in [-0.25, -0.2) is 9.78 Å². The maximum atomic E-state index is 10.9. The molecule has 0 amide bonds. The van der Waals surface area contributed by atoms with E-state index >= 15 is 0 Å². The molecule has 5 heteroatoms. The SMILES string of the molecule is Cc1cc(C(C)Nc2cc(C(=O)O)ccn2)c(C)o1. The molecule has 19 heavy (non-hydrogen) atoms. The van der Waals surface area contributed by atoms with Gasteiger partial charge in [0.05, 0.1) is 11.6 Å². The largest absolute Gasteiger partial charge is 0.478 e. The Labute approximate surface area is 111 Å². The second-order valence-corrected chi connectivity index (χ2v) is 4.47. The Kier molecular flexibility index (Phi) is 3.55. The number of carboxylic acids is 1. The molecule has 0 aromatic carbocycles. The van der Waals surface area contributed by atoms with Crippen molar-refractivity contribution in [3.8, 4) is 0 Å². The van der Waals surface area contributed by atoms with Gasteiger partial charge in [-0.2, -0.15) is 0 Å². The minimum Gasteiger partial charge on any atom is -0.478 e. The summed E-state index contributed by atoms with van der Waals surface area (Å²) in [5, 5.41) is 12.1. The Morgan fingerprint density at radius 1 is 1.42 bits per heavy atom. The maximum Gasteiger partial charge on any atom is 0.335 e. The third kappa shape index (κ3) is 2.93. The van der Waals surface area contributed by atoms with Gasteiger partial charge in [-0.1, -0.05) is 0 Å². The van der Waals surface area contributed by atoms with Gasteiger partial charge in [-0.3, -0.25) is 0 Å². The van der Waals surface area contributed by atoms with Gasteiger partial charge in [-0.15, -0.1) is 0 Å². The summed E-state index contributed by atoms with van der Waals surface area (Å²) in [4.78, 5) is 15.0. The molecule has 2 heterocycles. The monoisotopic (exact) mass is 260 g/mol. The third-order valence-corrected chi connectivity index (χ3v) is 2.92. The molecule has 2 aromatic rings. The summed E-state index contributed by atoms with van der Waals surface area (Å²) in [5.41, 5.74) is 1.25. The summed E-state index contributed by atoms with van der Waals surface area (Å²) in [6.45, 7) is 5.78. The van der Waals surface area contributed by atoms with Crippen molar-refractivity contribution in [1.82, 2.24) is 4.98 Å². The van der Waals surface area contributed by atoms with Crippen LogP contribution in [-0.4, -0.2) is 16.1 Å². The predicted octanol–water partition coefficient (Wildman–Crippen LogP) is 3.16. The Hall–Kier alpha value is -2.30. The van der Waals surface area contributed by atoms with Gasteiger partial charge in [0.2, 0.25) is 0 Å². The van der Waals surface area contributed by atoms with E-state index in [1.54, 1.807) is 0 Å². The average Bonchev–Trinajstić information content (AvgIpc) is 2.69. The number of carboxylic acid groups (broad SMARTS) is 1. The maximum absolute atomic E-state index is 10.9. The zero-order valence-corrected chi connectivity index (χ0v) is 11.1. The first-order valence-corrected chi connectivity index (χ1v) is 6.00. The molecule has 0 radical (unpaired) electrons. The van der Waals surface area contributed by atoms with Gasteiger partial charge in [0.25, 0.3) is 0 Å². The van der Waals surface area contributed by atoms with E-state index in [9.17, 15) is 4.79 Å². The highest BCUT2D eigenvalue weighted by Crippen LogP contribution is 2.24. The van der Waals surface area contributed by atoms with Crippen LogP contribution in [0.1, 0.15) is 40.4 Å². The van der Waals surface area contributed by atoms with Crippen molar-refractivity contribution in [2.24, 2.45) is 0 Å². The number of hydrogen-bond donors (Lipinski definition) is 2. The van der Waals surface area contributed by atoms with Crippen LogP contribution in [-0.2, 0) is 0 Å². The number of rotatable bonds is 4. The Morgan fingerprint density at radius 3 is 2.74 bits per heavy atom. The molecule has 0 aliphatic rings. The smallest absolute Gasteiger partial charge is 0.335 e. The van der Waals surface area contributed by atoms with Gasteiger partial charge in [0.1, 0.15) is 17.3 Å². The van der Waals surface area contributed by atoms with Crippen LogP contribution in [0.3, 0.4) is 0 Å². The van der Waals surface area contributed by atoms with Crippen molar-refractivity contribution in [2.45, 2.75) is 26.8 Å². The molecule has 2 N–H and O–H groups in total. The number of aromatic carboxylic acids is 1. The standard InChI is InChI=1S/C14H16N2O3/c1-8-6-12(10(3)19-8)9(2)16-13-7-11(14(17)18)4-5-15-13/h4-7,9H,1-3H3,(H,15,16)(H,17,18). The van der Waals surface area contributed by atoms with Crippen molar-refractivity contribution in [3.05, 3.63) is 47.0 Å². The van der Waals surface area contributed by atoms with E-state index in [0.717, 1.165) is 17.1 Å². The van der Waals surface area contributed by atoms with Gasteiger partial charge in [-0.05, 0) is 39.0 Å². The lowest BCUT2D eigenvalue weighted by Gasteiger charge is -2.14. The zero-order chi connectivity index (χ0) is 14.0. The summed E-state index contributed by atoms with van der Waals surface area (Å²) >= 11 is 0. The number of nitrogens with one attached hydrogen (secondary N) is 1. The molecule has 0 bridgehead atoms. The first-order chi connectivity index (χ1) is 8.97. The summed E-state index contributed by atoms with van der Waals surface area (Å²) < 4.78 is 5.48. The molecule has 0 aliphatic heterocycles. The normalized spacial score (nSPS) is 12.2. The Bertz CT molecular complexity index is 604. The topological polar surface area (TPSA) is 75.4 Å². The number of aryl methyl sites for hydroxylation is 2. The quantitative estimate of drug-likeness (QED) is 0.883. The van der Waals surface area contributed by atoms with E-state index in [1.165, 1.54) is 18.3 Å². The molecule has 5 nitrogen and oxygen atoms in total. The molecular formula is C14H16N2O3. The van der Waals surface area contributed by atoms with Crippen LogP contribution in [0, 0.1) is 13.8 Å². The van der Waals surface area contributed by atoms with E-state index in [1.807, 2.05) is 26.8 Å². The summed E-state index contributed by atoms with van der Waals surface area (Å²) in [6.07, 6.45) is 1.48. The highest BCUT2D eigenvalue weighted by atomic mass is 16.4. The molecule has 2 rings (SSSR count). The zero-order valence-electron chi connectivity index (χ0n) is 11.1. The number of furan rings is 1. The molecule has 0 saturated carbocycles. The second-order valence-electron chi connectivity index (χ2n) is 4.47. The average molecular weight is 260 g/mol. The molecule has 2 aromatic heterocycles. The molecule has 0 saturated heterocycles. The molecule has 0 fully saturated rings. The highest BCUT2D eigenvalue weighted by Gasteiger charge is 2.13. The van der Waals surface area contributed by atoms with Crippen molar-refractivity contribution in [1.29, 1.82) is 0 Å². The van der Waals surface area contributed by atoms with Gasteiger partial charge < -0.3 is 14.8 Å². The predicted molar refractivity (Wildman–Crippen MR) is 71.4 cm³/mol. The molecule has 1 atom stereocenters. The van der Waals surface area contributed by atoms with Crippen molar-refractivity contribution >= 4 is 11.8 Å². The van der Waals surface area contributed by atoms with E-state index in [0.29, 0.717) is 5.82 Å². The van der Waals surface area contributed by atoms with Crippen LogP contribution < -0.4 is 5.32 Å². The fourth-order valence-electron chi connectivity index (χ4n) is 2.02. The molecular weight excluding hydrogens is 244 g/mol. The van der Waals surface area contributed by atoms with Crippen LogP contribution >= 0.6 is 0 Å². The number of pyridine rings is 1. The van der Waals surface area contributed by atoms with Crippen LogP contribution in [0.4, 0.5) is 5.82 Å². The van der Waals surface area contributed by atoms with Crippen LogP contribution in [0.15, 0.2) is 28.8 Å². The number of hydrogen-bond acceptors (Lipinski definition) is 4. The first kappa shape index (κ1) is 13.1. The van der Waals surface area contributed by atoms with E-state index in [4.69, 9.17) is 9.52 Å². The van der Waals surface area contributed by atoms with E-state index < -0.39 is 5.97 Å². The lowest BCUT2D eigenvalue weighted by Crippen LogP contribution is -2.09. The van der Waals surface area contributed by atoms with E-state index in [2.05, 4.69) is 10.3 Å². The minimum atomic E-state index is -0.964. The van der Waals surface area contributed by atoms with Crippen molar-refractivity contribution in [2.75, 3.05) is 5.32 Å². The first-order valence-electron chi connectivity index (χ1n) is 6.00. The second kappa shape index (κ2) is 5.14. The lowest BCUT2D eigenvalue weighted by molar-refractivity contribution is 0.0697.